The summed E-state index contributed by atoms with van der Waals surface area (Å²) in [4.78, 5) is 5.06. The Morgan fingerprint density at radius 2 is 1.70 bits per heavy atom. The van der Waals surface area contributed by atoms with E-state index >= 15 is 0 Å². The van der Waals surface area contributed by atoms with Gasteiger partial charge in [-0.3, -0.25) is 9.47 Å². The maximum atomic E-state index is 5.83. The zero-order valence-electron chi connectivity index (χ0n) is 16.5. The smallest absolute Gasteiger partial charge is 0.199 e. The van der Waals surface area contributed by atoms with E-state index in [9.17, 15) is 0 Å². The summed E-state index contributed by atoms with van der Waals surface area (Å²) in [6.07, 6.45) is 2.49. The lowest BCUT2D eigenvalue weighted by molar-refractivity contribution is 0.0948. The van der Waals surface area contributed by atoms with Gasteiger partial charge in [-0.05, 0) is 36.5 Å². The summed E-state index contributed by atoms with van der Waals surface area (Å²) in [7, 11) is 0. The van der Waals surface area contributed by atoms with E-state index in [1.807, 2.05) is 0 Å². The Hall–Kier alpha value is -1.50. The average Bonchev–Trinajstić information content (AvgIpc) is 3.46. The molecule has 1 aliphatic carbocycles. The van der Waals surface area contributed by atoms with Crippen LogP contribution >= 0.6 is 12.2 Å². The molecule has 0 amide bonds. The monoisotopic (exact) mass is 385 g/mol. The Labute approximate surface area is 167 Å². The largest absolute Gasteiger partial charge is 0.301 e. The van der Waals surface area contributed by atoms with Crippen molar-refractivity contribution in [3.8, 4) is 0 Å². The Balaban J connectivity index is 1.46. The third-order valence-corrected chi connectivity index (χ3v) is 5.93. The van der Waals surface area contributed by atoms with E-state index in [0.717, 1.165) is 50.1 Å². The molecule has 1 aliphatic heterocycles. The fraction of sp³-hybridized carbons (Fsp3) is 0.619. The maximum Gasteiger partial charge on any atom is 0.199 e. The van der Waals surface area contributed by atoms with Gasteiger partial charge in [0.2, 0.25) is 0 Å². The normalized spacial score (nSPS) is 19.1. The molecule has 6 heteroatoms. The molecule has 2 fully saturated rings. The third kappa shape index (κ3) is 4.68. The zero-order chi connectivity index (χ0) is 18.8. The SMILES string of the molecule is CC(C)CN1CCN(Cn2nc(C3CC3)n(Cc3ccccc3)c2=S)CC1. The third-order valence-electron chi connectivity index (χ3n) is 5.50. The second-order valence-corrected chi connectivity index (χ2v) is 8.81. The summed E-state index contributed by atoms with van der Waals surface area (Å²) in [5.41, 5.74) is 1.29. The van der Waals surface area contributed by atoms with Gasteiger partial charge in [0.1, 0.15) is 5.82 Å². The Morgan fingerprint density at radius 3 is 2.33 bits per heavy atom. The van der Waals surface area contributed by atoms with Crippen LogP contribution in [-0.2, 0) is 13.2 Å². The van der Waals surface area contributed by atoms with Gasteiger partial charge in [-0.1, -0.05) is 44.2 Å². The van der Waals surface area contributed by atoms with Gasteiger partial charge in [0.05, 0.1) is 13.2 Å². The molecule has 1 aromatic carbocycles. The fourth-order valence-electron chi connectivity index (χ4n) is 3.93. The lowest BCUT2D eigenvalue weighted by atomic mass is 10.2. The quantitative estimate of drug-likeness (QED) is 0.682. The fourth-order valence-corrected chi connectivity index (χ4v) is 4.18. The van der Waals surface area contributed by atoms with E-state index in [1.54, 1.807) is 0 Å². The van der Waals surface area contributed by atoms with Gasteiger partial charge < -0.3 is 4.90 Å². The maximum absolute atomic E-state index is 5.83. The topological polar surface area (TPSA) is 29.2 Å². The van der Waals surface area contributed by atoms with Crippen LogP contribution in [0.1, 0.15) is 44.0 Å². The van der Waals surface area contributed by atoms with Gasteiger partial charge in [-0.25, -0.2) is 4.68 Å². The molecule has 2 heterocycles. The first-order valence-electron chi connectivity index (χ1n) is 10.3. The van der Waals surface area contributed by atoms with Gasteiger partial charge >= 0.3 is 0 Å². The molecule has 0 N–H and O–H groups in total. The van der Waals surface area contributed by atoms with Crippen LogP contribution in [0.3, 0.4) is 0 Å². The van der Waals surface area contributed by atoms with Gasteiger partial charge in [-0.2, -0.15) is 5.10 Å². The highest BCUT2D eigenvalue weighted by Crippen LogP contribution is 2.39. The summed E-state index contributed by atoms with van der Waals surface area (Å²) >= 11 is 5.83. The number of nitrogens with zero attached hydrogens (tertiary/aromatic N) is 5. The van der Waals surface area contributed by atoms with E-state index in [2.05, 4.69) is 63.2 Å². The van der Waals surface area contributed by atoms with Crippen LogP contribution < -0.4 is 0 Å². The summed E-state index contributed by atoms with van der Waals surface area (Å²) in [6.45, 7) is 11.9. The van der Waals surface area contributed by atoms with E-state index in [1.165, 1.54) is 30.8 Å². The van der Waals surface area contributed by atoms with Crippen molar-refractivity contribution in [3.63, 3.8) is 0 Å². The molecular formula is C21H31N5S. The van der Waals surface area contributed by atoms with Crippen LogP contribution in [0.5, 0.6) is 0 Å². The van der Waals surface area contributed by atoms with E-state index < -0.39 is 0 Å². The van der Waals surface area contributed by atoms with Crippen molar-refractivity contribution in [2.45, 2.75) is 45.8 Å². The van der Waals surface area contributed by atoms with E-state index in [0.29, 0.717) is 5.92 Å². The molecule has 5 nitrogen and oxygen atoms in total. The molecular weight excluding hydrogens is 354 g/mol. The zero-order valence-corrected chi connectivity index (χ0v) is 17.4. The molecule has 2 aliphatic rings. The molecule has 0 radical (unpaired) electrons. The predicted octanol–water partition coefficient (Wildman–Crippen LogP) is 3.57. The number of aromatic nitrogens is 3. The summed E-state index contributed by atoms with van der Waals surface area (Å²) in [6, 6.07) is 10.6. The highest BCUT2D eigenvalue weighted by molar-refractivity contribution is 7.71. The molecule has 0 atom stereocenters. The van der Waals surface area contributed by atoms with Crippen molar-refractivity contribution in [2.24, 2.45) is 5.92 Å². The molecule has 0 unspecified atom stereocenters. The van der Waals surface area contributed by atoms with Crippen molar-refractivity contribution in [1.82, 2.24) is 24.1 Å². The van der Waals surface area contributed by atoms with Crippen LogP contribution in [0, 0.1) is 10.7 Å². The number of rotatable bonds is 7. The van der Waals surface area contributed by atoms with Gasteiger partial charge in [0.15, 0.2) is 4.77 Å². The molecule has 4 rings (SSSR count). The molecule has 0 bridgehead atoms. The van der Waals surface area contributed by atoms with Crippen molar-refractivity contribution < 1.29 is 0 Å². The number of hydrogen-bond donors (Lipinski definition) is 0. The molecule has 1 saturated heterocycles. The summed E-state index contributed by atoms with van der Waals surface area (Å²) in [5.74, 6) is 2.52. The molecule has 1 aromatic heterocycles. The number of hydrogen-bond acceptors (Lipinski definition) is 4. The molecule has 27 heavy (non-hydrogen) atoms. The molecule has 0 spiro atoms. The average molecular weight is 386 g/mol. The van der Waals surface area contributed by atoms with Gasteiger partial charge in [-0.15, -0.1) is 0 Å². The Morgan fingerprint density at radius 1 is 1.04 bits per heavy atom. The first-order valence-corrected chi connectivity index (χ1v) is 10.7. The molecule has 2 aromatic rings. The Bertz CT molecular complexity index is 798. The second-order valence-electron chi connectivity index (χ2n) is 8.44. The second kappa shape index (κ2) is 8.25. The minimum atomic E-state index is 0.597. The molecule has 1 saturated carbocycles. The van der Waals surface area contributed by atoms with Gasteiger partial charge in [0, 0.05) is 38.6 Å². The van der Waals surface area contributed by atoms with Crippen LogP contribution in [0.2, 0.25) is 0 Å². The van der Waals surface area contributed by atoms with Crippen LogP contribution in [0.4, 0.5) is 0 Å². The van der Waals surface area contributed by atoms with E-state index in [-0.39, 0.29) is 0 Å². The summed E-state index contributed by atoms with van der Waals surface area (Å²) < 4.78 is 5.19. The van der Waals surface area contributed by atoms with Gasteiger partial charge in [0.25, 0.3) is 0 Å². The number of benzene rings is 1. The van der Waals surface area contributed by atoms with Crippen LogP contribution in [-0.4, -0.2) is 56.9 Å². The first kappa shape index (κ1) is 18.8. The minimum Gasteiger partial charge on any atom is -0.301 e. The lowest BCUT2D eigenvalue weighted by Crippen LogP contribution is -2.47. The highest BCUT2D eigenvalue weighted by Gasteiger charge is 2.30. The van der Waals surface area contributed by atoms with Crippen molar-refractivity contribution in [3.05, 3.63) is 46.5 Å². The lowest BCUT2D eigenvalue weighted by Gasteiger charge is -2.35. The first-order chi connectivity index (χ1) is 13.1. The predicted molar refractivity (Wildman–Crippen MR) is 111 cm³/mol. The van der Waals surface area contributed by atoms with Crippen LogP contribution in [0.15, 0.2) is 30.3 Å². The summed E-state index contributed by atoms with van der Waals surface area (Å²) in [5, 5.41) is 4.95. The van der Waals surface area contributed by atoms with Crippen molar-refractivity contribution in [2.75, 3.05) is 32.7 Å². The molecule has 146 valence electrons. The highest BCUT2D eigenvalue weighted by atomic mass is 32.1. The minimum absolute atomic E-state index is 0.597. The number of piperazine rings is 1. The van der Waals surface area contributed by atoms with Crippen molar-refractivity contribution >= 4 is 12.2 Å². The van der Waals surface area contributed by atoms with Crippen molar-refractivity contribution in [1.29, 1.82) is 0 Å². The van der Waals surface area contributed by atoms with Crippen LogP contribution in [0.25, 0.3) is 0 Å². The standard InChI is InChI=1S/C21H31N5S/c1-17(2)14-23-10-12-24(13-11-23)16-26-21(27)25(20(22-26)19-8-9-19)15-18-6-4-3-5-7-18/h3-7,17,19H,8-16H2,1-2H3. The van der Waals surface area contributed by atoms with E-state index in [4.69, 9.17) is 17.3 Å². The Kier molecular flexibility index (Phi) is 5.76.